The zero-order chi connectivity index (χ0) is 17.0. The van der Waals surface area contributed by atoms with E-state index >= 15 is 0 Å². The zero-order valence-electron chi connectivity index (χ0n) is 14.1. The molecule has 0 radical (unpaired) electrons. The van der Waals surface area contributed by atoms with E-state index in [1.807, 2.05) is 44.2 Å². The Hall–Kier alpha value is -2.62. The van der Waals surface area contributed by atoms with Gasteiger partial charge in [-0.25, -0.2) is 0 Å². The van der Waals surface area contributed by atoms with Gasteiger partial charge < -0.3 is 9.80 Å². The summed E-state index contributed by atoms with van der Waals surface area (Å²) < 4.78 is 0. The summed E-state index contributed by atoms with van der Waals surface area (Å²) >= 11 is 0. The molecule has 2 aromatic rings. The van der Waals surface area contributed by atoms with Crippen LogP contribution >= 0.6 is 0 Å². The quantitative estimate of drug-likeness (QED) is 0.809. The monoisotopic (exact) mass is 320 g/mol. The normalized spacial score (nSPS) is 19.2. The molecule has 2 aromatic carbocycles. The lowest BCUT2D eigenvalue weighted by molar-refractivity contribution is -0.124. The molecule has 24 heavy (non-hydrogen) atoms. The first-order chi connectivity index (χ1) is 11.5. The minimum absolute atomic E-state index is 0.00144. The number of fused-ring (bicyclic) bond motifs is 2. The van der Waals surface area contributed by atoms with Crippen LogP contribution in [0.5, 0.6) is 0 Å². The van der Waals surface area contributed by atoms with E-state index in [2.05, 4.69) is 12.1 Å². The van der Waals surface area contributed by atoms with Crippen molar-refractivity contribution >= 4 is 17.5 Å². The smallest absolute Gasteiger partial charge is 0.256 e. The number of rotatable bonds is 1. The number of nitrogens with zero attached hydrogens (tertiary/aromatic N) is 2. The minimum Gasteiger partial charge on any atom is -0.329 e. The lowest BCUT2D eigenvalue weighted by Crippen LogP contribution is -2.49. The minimum atomic E-state index is -0.442. The van der Waals surface area contributed by atoms with Crippen LogP contribution < -0.4 is 4.90 Å². The van der Waals surface area contributed by atoms with Crippen LogP contribution in [0.2, 0.25) is 0 Å². The fourth-order valence-electron chi connectivity index (χ4n) is 3.96. The van der Waals surface area contributed by atoms with Crippen LogP contribution in [0.15, 0.2) is 42.5 Å². The molecule has 0 N–H and O–H groups in total. The Morgan fingerprint density at radius 1 is 0.958 bits per heavy atom. The van der Waals surface area contributed by atoms with Crippen molar-refractivity contribution in [1.29, 1.82) is 0 Å². The summed E-state index contributed by atoms with van der Waals surface area (Å²) in [4.78, 5) is 29.7. The van der Waals surface area contributed by atoms with Gasteiger partial charge in [-0.1, -0.05) is 50.2 Å². The molecule has 2 aliphatic rings. The van der Waals surface area contributed by atoms with Crippen molar-refractivity contribution in [2.24, 2.45) is 5.92 Å². The van der Waals surface area contributed by atoms with Crippen LogP contribution in [0.1, 0.15) is 29.8 Å². The summed E-state index contributed by atoms with van der Waals surface area (Å²) in [5, 5.41) is 0. The highest BCUT2D eigenvalue weighted by atomic mass is 16.2. The van der Waals surface area contributed by atoms with E-state index in [4.69, 9.17) is 0 Å². The molecule has 1 atom stereocenters. The van der Waals surface area contributed by atoms with Crippen molar-refractivity contribution < 1.29 is 9.59 Å². The molecule has 0 saturated heterocycles. The topological polar surface area (TPSA) is 40.6 Å². The van der Waals surface area contributed by atoms with Crippen molar-refractivity contribution in [1.82, 2.24) is 4.90 Å². The molecule has 2 aliphatic heterocycles. The molecule has 0 aromatic heterocycles. The summed E-state index contributed by atoms with van der Waals surface area (Å²) in [5.74, 6) is -0.0243. The van der Waals surface area contributed by atoms with Gasteiger partial charge in [0.05, 0.1) is 17.8 Å². The van der Waals surface area contributed by atoms with Crippen LogP contribution in [0, 0.1) is 5.92 Å². The fraction of sp³-hybridized carbons (Fsp3) is 0.300. The van der Waals surface area contributed by atoms with Gasteiger partial charge in [-0.3, -0.25) is 9.59 Å². The zero-order valence-corrected chi connectivity index (χ0v) is 14.1. The molecule has 0 fully saturated rings. The third-order valence-corrected chi connectivity index (χ3v) is 5.06. The SMILES string of the molecule is CC(C)C1C(=O)N2Cc3ccccc3-c3cccc(c32)C(=O)N1C. The molecule has 4 nitrogen and oxygen atoms in total. The number of hydrogen-bond donors (Lipinski definition) is 0. The number of para-hydroxylation sites is 1. The van der Waals surface area contributed by atoms with Gasteiger partial charge in [0.25, 0.3) is 5.91 Å². The van der Waals surface area contributed by atoms with Gasteiger partial charge in [-0.2, -0.15) is 0 Å². The second-order valence-corrected chi connectivity index (χ2v) is 6.89. The highest BCUT2D eigenvalue weighted by Crippen LogP contribution is 2.43. The predicted molar refractivity (Wildman–Crippen MR) is 93.8 cm³/mol. The maximum absolute atomic E-state index is 13.3. The Bertz CT molecular complexity index is 856. The molecule has 0 spiro atoms. The van der Waals surface area contributed by atoms with Crippen molar-refractivity contribution in [3.8, 4) is 11.1 Å². The first-order valence-electron chi connectivity index (χ1n) is 8.30. The van der Waals surface area contributed by atoms with Gasteiger partial charge >= 0.3 is 0 Å². The molecule has 0 aliphatic carbocycles. The predicted octanol–water partition coefficient (Wildman–Crippen LogP) is 3.31. The van der Waals surface area contributed by atoms with E-state index in [0.29, 0.717) is 12.1 Å². The third kappa shape index (κ3) is 1.92. The summed E-state index contributed by atoms with van der Waals surface area (Å²) in [5.41, 5.74) is 4.57. The molecular weight excluding hydrogens is 300 g/mol. The van der Waals surface area contributed by atoms with Gasteiger partial charge in [-0.05, 0) is 23.1 Å². The van der Waals surface area contributed by atoms with E-state index in [9.17, 15) is 9.59 Å². The van der Waals surface area contributed by atoms with Crippen molar-refractivity contribution in [2.45, 2.75) is 26.4 Å². The van der Waals surface area contributed by atoms with Gasteiger partial charge in [0.2, 0.25) is 5.91 Å². The Morgan fingerprint density at radius 3 is 2.38 bits per heavy atom. The van der Waals surface area contributed by atoms with Crippen molar-refractivity contribution in [3.63, 3.8) is 0 Å². The highest BCUT2D eigenvalue weighted by Gasteiger charge is 2.42. The van der Waals surface area contributed by atoms with E-state index in [1.54, 1.807) is 16.8 Å². The van der Waals surface area contributed by atoms with E-state index in [1.165, 1.54) is 0 Å². The lowest BCUT2D eigenvalue weighted by atomic mass is 9.91. The van der Waals surface area contributed by atoms with Gasteiger partial charge in [0, 0.05) is 12.6 Å². The molecular formula is C20H20N2O2. The first kappa shape index (κ1) is 14.9. The van der Waals surface area contributed by atoms with Crippen LogP contribution in [-0.2, 0) is 11.3 Å². The summed E-state index contributed by atoms with van der Waals surface area (Å²) in [6.45, 7) is 4.49. The number of amides is 2. The highest BCUT2D eigenvalue weighted by molar-refractivity contribution is 6.14. The lowest BCUT2D eigenvalue weighted by Gasteiger charge is -2.34. The van der Waals surface area contributed by atoms with Crippen molar-refractivity contribution in [3.05, 3.63) is 53.6 Å². The van der Waals surface area contributed by atoms with Crippen LogP contribution in [-0.4, -0.2) is 29.8 Å². The fourth-order valence-corrected chi connectivity index (χ4v) is 3.96. The molecule has 1 unspecified atom stereocenters. The number of hydrogen-bond acceptors (Lipinski definition) is 2. The maximum Gasteiger partial charge on any atom is 0.256 e. The van der Waals surface area contributed by atoms with Gasteiger partial charge in [0.1, 0.15) is 6.04 Å². The van der Waals surface area contributed by atoms with Crippen molar-refractivity contribution in [2.75, 3.05) is 11.9 Å². The number of benzene rings is 2. The van der Waals surface area contributed by atoms with Crippen LogP contribution in [0.3, 0.4) is 0 Å². The van der Waals surface area contributed by atoms with Crippen LogP contribution in [0.4, 0.5) is 5.69 Å². The average Bonchev–Trinajstić information content (AvgIpc) is 2.66. The summed E-state index contributed by atoms with van der Waals surface area (Å²) in [6, 6.07) is 13.4. The van der Waals surface area contributed by atoms with Crippen LogP contribution in [0.25, 0.3) is 11.1 Å². The average molecular weight is 320 g/mol. The second-order valence-electron chi connectivity index (χ2n) is 6.89. The molecule has 122 valence electrons. The largest absolute Gasteiger partial charge is 0.329 e. The Morgan fingerprint density at radius 2 is 1.62 bits per heavy atom. The number of carbonyl (C=O) groups excluding carboxylic acids is 2. The van der Waals surface area contributed by atoms with Gasteiger partial charge in [-0.15, -0.1) is 0 Å². The Kier molecular flexibility index (Phi) is 3.23. The molecule has 0 bridgehead atoms. The molecule has 2 amide bonds. The molecule has 4 rings (SSSR count). The number of carbonyl (C=O) groups is 2. The Balaban J connectivity index is 2.01. The summed E-state index contributed by atoms with van der Waals surface area (Å²) in [6.07, 6.45) is 0. The molecule has 2 heterocycles. The molecule has 0 saturated carbocycles. The first-order valence-corrected chi connectivity index (χ1v) is 8.30. The second kappa shape index (κ2) is 5.20. The third-order valence-electron chi connectivity index (χ3n) is 5.06. The van der Waals surface area contributed by atoms with E-state index < -0.39 is 6.04 Å². The van der Waals surface area contributed by atoms with Gasteiger partial charge in [0.15, 0.2) is 0 Å². The Labute approximate surface area is 141 Å². The summed E-state index contributed by atoms with van der Waals surface area (Å²) in [7, 11) is 1.73. The standard InChI is InChI=1S/C20H20N2O2/c1-12(2)17-20(24)22-11-13-7-4-5-8-14(13)15-9-6-10-16(18(15)22)19(23)21(17)3/h4-10,12,17H,11H2,1-3H3. The number of anilines is 1. The molecule has 4 heteroatoms. The van der Waals surface area contributed by atoms with E-state index in [0.717, 1.165) is 22.4 Å². The van der Waals surface area contributed by atoms with E-state index in [-0.39, 0.29) is 17.7 Å². The number of likely N-dealkylation sites (N-methyl/N-ethyl adjacent to an activating group) is 1. The maximum atomic E-state index is 13.3.